The van der Waals surface area contributed by atoms with Gasteiger partial charge < -0.3 is 25.0 Å². The molecule has 0 bridgehead atoms. The summed E-state index contributed by atoms with van der Waals surface area (Å²) < 4.78 is 10.5. The lowest BCUT2D eigenvalue weighted by Gasteiger charge is -2.38. The Bertz CT molecular complexity index is 1140. The summed E-state index contributed by atoms with van der Waals surface area (Å²) in [5.74, 6) is 1.10. The van der Waals surface area contributed by atoms with Crippen molar-refractivity contribution in [2.45, 2.75) is 67.5 Å². The van der Waals surface area contributed by atoms with E-state index in [9.17, 15) is 10.1 Å². The van der Waals surface area contributed by atoms with Crippen LogP contribution in [0.4, 0.5) is 22.7 Å². The molecule has 2 aromatic carbocycles. The van der Waals surface area contributed by atoms with Crippen molar-refractivity contribution in [2.75, 3.05) is 82.1 Å². The molecule has 236 valence electrons. The SMILES string of the molecule is CC.COc1cc(N2CCN(C(C)C)CC2)c(C)cc1N.COc1cc(N2CCN(C(C)C)CC2)c(C)cc1[N+](=O)[O-]. The lowest BCUT2D eigenvalue weighted by molar-refractivity contribution is -0.385. The zero-order chi connectivity index (χ0) is 31.6. The molecule has 42 heavy (non-hydrogen) atoms. The summed E-state index contributed by atoms with van der Waals surface area (Å²) in [6.07, 6.45) is 0. The quantitative estimate of drug-likeness (QED) is 0.253. The summed E-state index contributed by atoms with van der Waals surface area (Å²) in [5.41, 5.74) is 11.1. The highest BCUT2D eigenvalue weighted by Gasteiger charge is 2.24. The monoisotopic (exact) mass is 586 g/mol. The Morgan fingerprint density at radius 1 is 0.714 bits per heavy atom. The average Bonchev–Trinajstić information content (AvgIpc) is 2.98. The van der Waals surface area contributed by atoms with Gasteiger partial charge in [-0.05, 0) is 58.7 Å². The van der Waals surface area contributed by atoms with Crippen LogP contribution in [0.15, 0.2) is 24.3 Å². The van der Waals surface area contributed by atoms with E-state index in [1.165, 1.54) is 18.4 Å². The normalized spacial score (nSPS) is 16.0. The molecule has 2 heterocycles. The Labute approximate surface area is 253 Å². The summed E-state index contributed by atoms with van der Waals surface area (Å²) in [7, 11) is 3.14. The molecule has 0 saturated carbocycles. The zero-order valence-electron chi connectivity index (χ0n) is 27.6. The second-order valence-electron chi connectivity index (χ2n) is 11.2. The van der Waals surface area contributed by atoms with Crippen LogP contribution in [0.2, 0.25) is 0 Å². The molecule has 0 unspecified atom stereocenters. The number of rotatable bonds is 7. The Balaban J connectivity index is 0.000000278. The Hall–Kier alpha value is -3.24. The Morgan fingerprint density at radius 2 is 1.10 bits per heavy atom. The minimum Gasteiger partial charge on any atom is -0.495 e. The Morgan fingerprint density at radius 3 is 1.45 bits per heavy atom. The highest BCUT2D eigenvalue weighted by Crippen LogP contribution is 2.35. The molecule has 2 aliphatic rings. The van der Waals surface area contributed by atoms with E-state index < -0.39 is 4.92 Å². The molecular formula is C32H54N6O4. The van der Waals surface area contributed by atoms with Gasteiger partial charge in [-0.1, -0.05) is 13.8 Å². The predicted molar refractivity (Wildman–Crippen MR) is 176 cm³/mol. The van der Waals surface area contributed by atoms with E-state index in [1.807, 2.05) is 26.8 Å². The first-order valence-corrected chi connectivity index (χ1v) is 15.2. The van der Waals surface area contributed by atoms with Crippen LogP contribution in [-0.2, 0) is 0 Å². The fourth-order valence-electron chi connectivity index (χ4n) is 5.48. The van der Waals surface area contributed by atoms with Gasteiger partial charge in [0.1, 0.15) is 5.75 Å². The van der Waals surface area contributed by atoms with Crippen molar-refractivity contribution >= 4 is 22.7 Å². The predicted octanol–water partition coefficient (Wildman–Crippen LogP) is 5.58. The number of hydrogen-bond acceptors (Lipinski definition) is 9. The van der Waals surface area contributed by atoms with Crippen LogP contribution in [0.25, 0.3) is 0 Å². The van der Waals surface area contributed by atoms with Crippen molar-refractivity contribution in [2.24, 2.45) is 0 Å². The van der Waals surface area contributed by atoms with Gasteiger partial charge in [-0.25, -0.2) is 0 Å². The molecule has 0 atom stereocenters. The maximum Gasteiger partial charge on any atom is 0.311 e. The Kier molecular flexibility index (Phi) is 13.7. The number of ether oxygens (including phenoxy) is 2. The summed E-state index contributed by atoms with van der Waals surface area (Å²) >= 11 is 0. The fourth-order valence-corrected chi connectivity index (χ4v) is 5.48. The molecule has 0 spiro atoms. The number of piperazine rings is 2. The van der Waals surface area contributed by atoms with Gasteiger partial charge in [0.05, 0.1) is 24.8 Å². The van der Waals surface area contributed by atoms with Crippen LogP contribution < -0.4 is 25.0 Å². The van der Waals surface area contributed by atoms with E-state index in [-0.39, 0.29) is 5.69 Å². The van der Waals surface area contributed by atoms with Crippen LogP contribution in [0.1, 0.15) is 52.7 Å². The minimum atomic E-state index is -0.397. The third kappa shape index (κ3) is 8.88. The van der Waals surface area contributed by atoms with Gasteiger partial charge in [0.2, 0.25) is 0 Å². The maximum absolute atomic E-state index is 11.0. The topological polar surface area (TPSA) is 101 Å². The van der Waals surface area contributed by atoms with Crippen LogP contribution in [-0.4, -0.2) is 93.4 Å². The van der Waals surface area contributed by atoms with Gasteiger partial charge in [0.25, 0.3) is 0 Å². The van der Waals surface area contributed by atoms with Gasteiger partial charge in [-0.2, -0.15) is 0 Å². The second kappa shape index (κ2) is 16.4. The van der Waals surface area contributed by atoms with E-state index in [4.69, 9.17) is 15.2 Å². The van der Waals surface area contributed by atoms with E-state index in [0.717, 1.165) is 69.4 Å². The van der Waals surface area contributed by atoms with Crippen LogP contribution in [0.3, 0.4) is 0 Å². The van der Waals surface area contributed by atoms with Gasteiger partial charge in [-0.15, -0.1) is 0 Å². The van der Waals surface area contributed by atoms with Crippen LogP contribution in [0.5, 0.6) is 11.5 Å². The average molecular weight is 587 g/mol. The highest BCUT2D eigenvalue weighted by atomic mass is 16.6. The van der Waals surface area contributed by atoms with E-state index in [2.05, 4.69) is 60.3 Å². The van der Waals surface area contributed by atoms with Gasteiger partial charge in [0.15, 0.2) is 5.75 Å². The number of aryl methyl sites for hydroxylation is 2. The van der Waals surface area contributed by atoms with Crippen molar-refractivity contribution in [3.63, 3.8) is 0 Å². The largest absolute Gasteiger partial charge is 0.495 e. The number of anilines is 3. The number of benzene rings is 2. The molecule has 4 rings (SSSR count). The molecule has 0 aromatic heterocycles. The van der Waals surface area contributed by atoms with Gasteiger partial charge in [0, 0.05) is 94.0 Å². The molecule has 2 fully saturated rings. The summed E-state index contributed by atoms with van der Waals surface area (Å²) in [4.78, 5) is 20.3. The number of nitro groups is 1. The summed E-state index contributed by atoms with van der Waals surface area (Å²) in [6, 6.07) is 8.64. The van der Waals surface area contributed by atoms with Gasteiger partial charge in [-0.3, -0.25) is 19.9 Å². The molecular weight excluding hydrogens is 532 g/mol. The first kappa shape index (κ1) is 35.0. The fraction of sp³-hybridized carbons (Fsp3) is 0.625. The van der Waals surface area contributed by atoms with Crippen LogP contribution >= 0.6 is 0 Å². The number of nitrogens with zero attached hydrogens (tertiary/aromatic N) is 5. The number of nitro benzene ring substituents is 1. The first-order valence-electron chi connectivity index (χ1n) is 15.2. The number of methoxy groups -OCH3 is 2. The van der Waals surface area contributed by atoms with E-state index in [1.54, 1.807) is 19.2 Å². The molecule has 2 aliphatic heterocycles. The second-order valence-corrected chi connectivity index (χ2v) is 11.2. The zero-order valence-corrected chi connectivity index (χ0v) is 27.6. The van der Waals surface area contributed by atoms with Crippen LogP contribution in [0, 0.1) is 24.0 Å². The lowest BCUT2D eigenvalue weighted by atomic mass is 10.1. The highest BCUT2D eigenvalue weighted by molar-refractivity contribution is 5.67. The molecule has 2 aromatic rings. The molecule has 10 heteroatoms. The van der Waals surface area contributed by atoms with Crippen molar-refractivity contribution in [1.82, 2.24) is 9.80 Å². The summed E-state index contributed by atoms with van der Waals surface area (Å²) in [6.45, 7) is 25.2. The number of nitrogens with two attached hydrogens (primary N) is 1. The van der Waals surface area contributed by atoms with Crippen molar-refractivity contribution in [1.29, 1.82) is 0 Å². The third-order valence-electron chi connectivity index (χ3n) is 8.01. The molecule has 2 saturated heterocycles. The van der Waals surface area contributed by atoms with Crippen molar-refractivity contribution < 1.29 is 14.4 Å². The smallest absolute Gasteiger partial charge is 0.311 e. The first-order chi connectivity index (χ1) is 20.0. The summed E-state index contributed by atoms with van der Waals surface area (Å²) in [5, 5.41) is 11.0. The molecule has 2 N–H and O–H groups in total. The van der Waals surface area contributed by atoms with Crippen molar-refractivity contribution in [3.05, 3.63) is 45.5 Å². The van der Waals surface area contributed by atoms with E-state index in [0.29, 0.717) is 23.5 Å². The van der Waals surface area contributed by atoms with Gasteiger partial charge >= 0.3 is 5.69 Å². The standard InChI is InChI=1S/C15H23N3O3.C15H25N3O.C2H6/c1-11(2)16-5-7-17(8-6-16)13-10-15(21-4)14(18(19)20)9-12(13)3;1-11(2)17-5-7-18(8-6-17)14-10-15(19-4)13(16)9-12(14)3;1-2/h9-11H,5-8H2,1-4H3;9-11H,5-8,16H2,1-4H3;1-2H3. The minimum absolute atomic E-state index is 0.0274. The van der Waals surface area contributed by atoms with E-state index >= 15 is 0 Å². The third-order valence-corrected chi connectivity index (χ3v) is 8.01. The molecule has 0 radical (unpaired) electrons. The molecule has 0 aliphatic carbocycles. The lowest BCUT2D eigenvalue weighted by Crippen LogP contribution is -2.49. The molecule has 0 amide bonds. The number of hydrogen-bond donors (Lipinski definition) is 1. The maximum atomic E-state index is 11.0. The van der Waals surface area contributed by atoms with Crippen molar-refractivity contribution in [3.8, 4) is 11.5 Å². The number of nitrogen functional groups attached to an aromatic ring is 1. The molecule has 10 nitrogen and oxygen atoms in total.